The molecule has 0 amide bonds. The van der Waals surface area contributed by atoms with Gasteiger partial charge in [0.2, 0.25) is 5.95 Å². The molecule has 0 fully saturated rings. The van der Waals surface area contributed by atoms with Gasteiger partial charge in [0, 0.05) is 41.9 Å². The number of anilines is 1. The van der Waals surface area contributed by atoms with Gasteiger partial charge >= 0.3 is 0 Å². The van der Waals surface area contributed by atoms with Gasteiger partial charge in [0.25, 0.3) is 0 Å². The van der Waals surface area contributed by atoms with Crippen molar-refractivity contribution in [1.82, 2.24) is 24.5 Å². The van der Waals surface area contributed by atoms with Crippen LogP contribution in [0.4, 0.5) is 10.2 Å². The van der Waals surface area contributed by atoms with Crippen LogP contribution in [0.25, 0.3) is 16.9 Å². The molecule has 1 unspecified atom stereocenters. The van der Waals surface area contributed by atoms with Gasteiger partial charge in [-0.3, -0.25) is 4.68 Å². The van der Waals surface area contributed by atoms with Gasteiger partial charge in [0.15, 0.2) is 11.6 Å². The third-order valence-corrected chi connectivity index (χ3v) is 5.65. The number of ether oxygens (including phenoxy) is 1. The zero-order valence-electron chi connectivity index (χ0n) is 17.6. The van der Waals surface area contributed by atoms with Crippen LogP contribution in [0.3, 0.4) is 0 Å². The number of hydrogen-bond acceptors (Lipinski definition) is 5. The molecule has 2 bridgehead atoms. The van der Waals surface area contributed by atoms with Crippen molar-refractivity contribution in [1.29, 1.82) is 0 Å². The molecule has 31 heavy (non-hydrogen) atoms. The number of nitrogens with zero attached hydrogens (tertiary/aromatic N) is 5. The van der Waals surface area contributed by atoms with Crippen LogP contribution in [0, 0.1) is 12.9 Å². The fourth-order valence-corrected chi connectivity index (χ4v) is 4.17. The van der Waals surface area contributed by atoms with Gasteiger partial charge in [-0.25, -0.2) is 9.67 Å². The zero-order valence-corrected chi connectivity index (χ0v) is 17.6. The first-order chi connectivity index (χ1) is 14.9. The van der Waals surface area contributed by atoms with Crippen molar-refractivity contribution < 1.29 is 9.13 Å². The number of hydrogen-bond donors (Lipinski definition) is 1. The number of nitrogen functional groups attached to an aromatic ring is 1. The molecule has 0 radical (unpaired) electrons. The molecule has 3 aromatic heterocycles. The average Bonchev–Trinajstić information content (AvgIpc) is 3.32. The minimum atomic E-state index is -0.527. The Labute approximate surface area is 179 Å². The normalized spacial score (nSPS) is 15.2. The Morgan fingerprint density at radius 2 is 2.06 bits per heavy atom. The molecule has 2 N–H and O–H groups in total. The SMILES string of the molecule is CCn1ncc2c1-c1cnc(N)c(c1)OC(C)c1cc(C)ccc1-n1nc(F)cc1C2. The Morgan fingerprint density at radius 1 is 1.23 bits per heavy atom. The number of fused-ring (bicyclic) bond motifs is 7. The van der Waals surface area contributed by atoms with Gasteiger partial charge in [0.1, 0.15) is 6.10 Å². The lowest BCUT2D eigenvalue weighted by Crippen LogP contribution is -2.13. The average molecular weight is 418 g/mol. The topological polar surface area (TPSA) is 83.8 Å². The first-order valence-electron chi connectivity index (χ1n) is 10.3. The van der Waals surface area contributed by atoms with Crippen LogP contribution in [0.2, 0.25) is 0 Å². The maximum atomic E-state index is 14.4. The van der Waals surface area contributed by atoms with Crippen LogP contribution in [-0.4, -0.2) is 24.5 Å². The summed E-state index contributed by atoms with van der Waals surface area (Å²) in [4.78, 5) is 4.37. The van der Waals surface area contributed by atoms with Gasteiger partial charge in [-0.05, 0) is 32.9 Å². The highest BCUT2D eigenvalue weighted by molar-refractivity contribution is 5.68. The van der Waals surface area contributed by atoms with Crippen LogP contribution in [0.15, 0.2) is 42.7 Å². The summed E-state index contributed by atoms with van der Waals surface area (Å²) in [7, 11) is 0. The minimum absolute atomic E-state index is 0.316. The number of pyridine rings is 1. The van der Waals surface area contributed by atoms with E-state index in [1.54, 1.807) is 10.9 Å². The summed E-state index contributed by atoms with van der Waals surface area (Å²) in [5, 5.41) is 8.69. The summed E-state index contributed by atoms with van der Waals surface area (Å²) in [5.41, 5.74) is 12.3. The summed E-state index contributed by atoms with van der Waals surface area (Å²) in [5.74, 6) is 0.289. The van der Waals surface area contributed by atoms with Crippen molar-refractivity contribution in [2.24, 2.45) is 0 Å². The number of nitrogens with two attached hydrogens (primary N) is 1. The first kappa shape index (κ1) is 19.3. The fraction of sp³-hybridized carbons (Fsp3) is 0.261. The lowest BCUT2D eigenvalue weighted by atomic mass is 10.0. The monoisotopic (exact) mass is 418 g/mol. The molecule has 7 nitrogen and oxygen atoms in total. The van der Waals surface area contributed by atoms with Gasteiger partial charge in [-0.2, -0.15) is 9.49 Å². The van der Waals surface area contributed by atoms with Crippen molar-refractivity contribution >= 4 is 5.82 Å². The van der Waals surface area contributed by atoms with E-state index in [1.807, 2.05) is 55.9 Å². The summed E-state index contributed by atoms with van der Waals surface area (Å²) in [6.45, 7) is 6.66. The Kier molecular flexibility index (Phi) is 4.50. The third kappa shape index (κ3) is 3.24. The van der Waals surface area contributed by atoms with Gasteiger partial charge < -0.3 is 10.5 Å². The van der Waals surface area contributed by atoms with Crippen molar-refractivity contribution in [3.05, 3.63) is 71.1 Å². The van der Waals surface area contributed by atoms with Crippen molar-refractivity contribution in [2.45, 2.75) is 39.8 Å². The molecular formula is C23H23FN6O. The van der Waals surface area contributed by atoms with Crippen LogP contribution in [0.5, 0.6) is 5.75 Å². The van der Waals surface area contributed by atoms with E-state index in [1.165, 1.54) is 6.07 Å². The highest BCUT2D eigenvalue weighted by Crippen LogP contribution is 2.35. The molecule has 1 aliphatic rings. The van der Waals surface area contributed by atoms with E-state index in [0.717, 1.165) is 39.3 Å². The smallest absolute Gasteiger partial charge is 0.233 e. The molecule has 1 aromatic carbocycles. The fourth-order valence-electron chi connectivity index (χ4n) is 4.17. The molecule has 4 heterocycles. The minimum Gasteiger partial charge on any atom is -0.482 e. The van der Waals surface area contributed by atoms with Crippen LogP contribution in [0.1, 0.15) is 42.3 Å². The number of aromatic nitrogens is 5. The highest BCUT2D eigenvalue weighted by atomic mass is 19.1. The summed E-state index contributed by atoms with van der Waals surface area (Å²) >= 11 is 0. The van der Waals surface area contributed by atoms with Gasteiger partial charge in [-0.15, -0.1) is 5.10 Å². The maximum Gasteiger partial charge on any atom is 0.233 e. The quantitative estimate of drug-likeness (QED) is 0.500. The summed E-state index contributed by atoms with van der Waals surface area (Å²) < 4.78 is 24.2. The molecule has 0 saturated heterocycles. The zero-order chi connectivity index (χ0) is 21.7. The lowest BCUT2D eigenvalue weighted by molar-refractivity contribution is 0.227. The van der Waals surface area contributed by atoms with E-state index >= 15 is 0 Å². The van der Waals surface area contributed by atoms with E-state index in [2.05, 4.69) is 15.2 Å². The van der Waals surface area contributed by atoms with E-state index < -0.39 is 5.95 Å². The molecular weight excluding hydrogens is 395 g/mol. The van der Waals surface area contributed by atoms with Crippen LogP contribution in [-0.2, 0) is 13.0 Å². The van der Waals surface area contributed by atoms with Gasteiger partial charge in [-0.1, -0.05) is 17.7 Å². The molecule has 0 saturated carbocycles. The second-order valence-corrected chi connectivity index (χ2v) is 7.81. The molecule has 1 aliphatic heterocycles. The van der Waals surface area contributed by atoms with Crippen molar-refractivity contribution in [2.75, 3.05) is 5.73 Å². The van der Waals surface area contributed by atoms with Crippen molar-refractivity contribution in [3.8, 4) is 22.7 Å². The molecule has 1 atom stereocenters. The van der Waals surface area contributed by atoms with Gasteiger partial charge in [0.05, 0.1) is 23.3 Å². The lowest BCUT2D eigenvalue weighted by Gasteiger charge is -2.22. The van der Waals surface area contributed by atoms with Crippen LogP contribution >= 0.6 is 0 Å². The van der Waals surface area contributed by atoms with E-state index in [-0.39, 0.29) is 6.10 Å². The van der Waals surface area contributed by atoms with E-state index in [9.17, 15) is 4.39 Å². The first-order valence-corrected chi connectivity index (χ1v) is 10.3. The second kappa shape index (κ2) is 7.23. The van der Waals surface area contributed by atoms with Crippen molar-refractivity contribution in [3.63, 3.8) is 0 Å². The molecule has 5 rings (SSSR count). The van der Waals surface area contributed by atoms with E-state index in [0.29, 0.717) is 24.5 Å². The number of aryl methyl sites for hydroxylation is 2. The molecule has 158 valence electrons. The second-order valence-electron chi connectivity index (χ2n) is 7.81. The molecule has 0 spiro atoms. The molecule has 4 aromatic rings. The largest absolute Gasteiger partial charge is 0.482 e. The number of rotatable bonds is 1. The van der Waals surface area contributed by atoms with E-state index in [4.69, 9.17) is 10.5 Å². The summed E-state index contributed by atoms with van der Waals surface area (Å²) in [6.07, 6.45) is 3.65. The highest BCUT2D eigenvalue weighted by Gasteiger charge is 2.23. The Bertz CT molecular complexity index is 1290. The third-order valence-electron chi connectivity index (χ3n) is 5.65. The summed E-state index contributed by atoms with van der Waals surface area (Å²) in [6, 6.07) is 9.34. The predicted molar refractivity (Wildman–Crippen MR) is 116 cm³/mol. The molecule has 8 heteroatoms. The predicted octanol–water partition coefficient (Wildman–Crippen LogP) is 4.22. The molecule has 0 aliphatic carbocycles. The maximum absolute atomic E-state index is 14.4. The standard InChI is InChI=1S/C23H23FN6O/c1-4-29-22-15(12-27-29)8-17-10-21(24)28-30(17)19-6-5-13(2)7-18(19)14(3)31-20-9-16(22)11-26-23(20)25/h5-7,9-12,14H,4,8H2,1-3H3,(H2,25,26). The Morgan fingerprint density at radius 3 is 2.87 bits per heavy atom. The number of halogens is 1. The van der Waals surface area contributed by atoms with Crippen LogP contribution < -0.4 is 10.5 Å². The Hall–Kier alpha value is -3.68. The Balaban J connectivity index is 1.81. The number of benzene rings is 1.